The Morgan fingerprint density at radius 2 is 2.16 bits per heavy atom. The van der Waals surface area contributed by atoms with Crippen LogP contribution >= 0.6 is 11.6 Å². The molecule has 0 aliphatic carbocycles. The molecule has 0 radical (unpaired) electrons. The minimum Gasteiger partial charge on any atom is -0.383 e. The molecule has 130 valence electrons. The lowest BCUT2D eigenvalue weighted by Crippen LogP contribution is -2.28. The quantitative estimate of drug-likeness (QED) is 0.887. The van der Waals surface area contributed by atoms with E-state index in [1.807, 2.05) is 6.07 Å². The van der Waals surface area contributed by atoms with Crippen LogP contribution in [-0.4, -0.2) is 37.0 Å². The van der Waals surface area contributed by atoms with Crippen molar-refractivity contribution >= 4 is 29.1 Å². The number of carbonyl (C=O) groups excluding carboxylic acids is 2. The van der Waals surface area contributed by atoms with Gasteiger partial charge in [-0.25, -0.2) is 4.39 Å². The molecular formula is C18H16ClFN2O3. The van der Waals surface area contributed by atoms with Crippen molar-refractivity contribution in [3.63, 3.8) is 0 Å². The first kappa shape index (κ1) is 17.4. The molecule has 2 aromatic carbocycles. The lowest BCUT2D eigenvalue weighted by Gasteiger charge is -2.14. The summed E-state index contributed by atoms with van der Waals surface area (Å²) in [5.41, 5.74) is 1.83. The number of nitrogens with one attached hydrogen (secondary N) is 1. The summed E-state index contributed by atoms with van der Waals surface area (Å²) in [6.07, 6.45) is 0. The van der Waals surface area contributed by atoms with E-state index in [9.17, 15) is 14.0 Å². The first-order valence-electron chi connectivity index (χ1n) is 7.67. The number of nitrogens with zero attached hydrogens (tertiary/aromatic N) is 1. The number of halogens is 2. The van der Waals surface area contributed by atoms with Crippen LogP contribution in [-0.2, 0) is 11.3 Å². The second kappa shape index (κ2) is 7.21. The van der Waals surface area contributed by atoms with Gasteiger partial charge >= 0.3 is 0 Å². The highest BCUT2D eigenvalue weighted by Gasteiger charge is 2.31. The Balaban J connectivity index is 1.85. The predicted molar refractivity (Wildman–Crippen MR) is 92.4 cm³/mol. The number of anilines is 1. The van der Waals surface area contributed by atoms with Crippen molar-refractivity contribution in [1.29, 1.82) is 0 Å². The summed E-state index contributed by atoms with van der Waals surface area (Å²) in [5.74, 6) is -1.21. The zero-order valence-corrected chi connectivity index (χ0v) is 14.3. The standard InChI is InChI=1S/C18H16ClFN2O3/c1-25-8-7-22-10-11-3-2-4-13(16(11)18(22)24)17(23)21-12-5-6-15(20)14(19)9-12/h2-6,9H,7-8,10H2,1H3,(H,21,23). The van der Waals surface area contributed by atoms with Crippen molar-refractivity contribution < 1.29 is 18.7 Å². The minimum absolute atomic E-state index is 0.0853. The van der Waals surface area contributed by atoms with Crippen LogP contribution in [0.4, 0.5) is 10.1 Å². The highest BCUT2D eigenvalue weighted by molar-refractivity contribution is 6.31. The number of fused-ring (bicyclic) bond motifs is 1. The monoisotopic (exact) mass is 362 g/mol. The number of carbonyl (C=O) groups is 2. The predicted octanol–water partition coefficient (Wildman–Crippen LogP) is 3.33. The van der Waals surface area contributed by atoms with Crippen LogP contribution in [0, 0.1) is 5.82 Å². The van der Waals surface area contributed by atoms with E-state index in [1.165, 1.54) is 18.2 Å². The third-order valence-corrected chi connectivity index (χ3v) is 4.29. The number of amides is 2. The second-order valence-corrected chi connectivity index (χ2v) is 6.05. The largest absolute Gasteiger partial charge is 0.383 e. The van der Waals surface area contributed by atoms with Gasteiger partial charge in [0.15, 0.2) is 0 Å². The number of rotatable bonds is 5. The molecule has 1 aliphatic heterocycles. The van der Waals surface area contributed by atoms with Crippen molar-refractivity contribution in [2.75, 3.05) is 25.6 Å². The van der Waals surface area contributed by atoms with Gasteiger partial charge in [0.1, 0.15) is 5.82 Å². The molecule has 0 spiro atoms. The zero-order chi connectivity index (χ0) is 18.0. The van der Waals surface area contributed by atoms with Crippen LogP contribution in [0.15, 0.2) is 36.4 Å². The summed E-state index contributed by atoms with van der Waals surface area (Å²) in [5, 5.41) is 2.56. The summed E-state index contributed by atoms with van der Waals surface area (Å²) in [6.45, 7) is 1.33. The lowest BCUT2D eigenvalue weighted by molar-refractivity contribution is 0.0716. The van der Waals surface area contributed by atoms with E-state index in [0.717, 1.165) is 5.56 Å². The fraction of sp³-hybridized carbons (Fsp3) is 0.222. The highest BCUT2D eigenvalue weighted by atomic mass is 35.5. The lowest BCUT2D eigenvalue weighted by atomic mass is 10.0. The number of hydrogen-bond donors (Lipinski definition) is 1. The Labute approximate surface area is 149 Å². The van der Waals surface area contributed by atoms with Crippen molar-refractivity contribution in [2.24, 2.45) is 0 Å². The van der Waals surface area contributed by atoms with Gasteiger partial charge in [0, 0.05) is 25.9 Å². The third-order valence-electron chi connectivity index (χ3n) is 4.00. The molecule has 0 bridgehead atoms. The molecule has 3 rings (SSSR count). The van der Waals surface area contributed by atoms with Crippen LogP contribution in [0.2, 0.25) is 5.02 Å². The van der Waals surface area contributed by atoms with Gasteiger partial charge in [-0.15, -0.1) is 0 Å². The first-order chi connectivity index (χ1) is 12.0. The van der Waals surface area contributed by atoms with Gasteiger partial charge in [0.2, 0.25) is 0 Å². The first-order valence-corrected chi connectivity index (χ1v) is 8.05. The van der Waals surface area contributed by atoms with Crippen molar-refractivity contribution in [2.45, 2.75) is 6.54 Å². The van der Waals surface area contributed by atoms with Gasteiger partial charge in [-0.05, 0) is 29.8 Å². The molecule has 0 saturated carbocycles. The molecular weight excluding hydrogens is 347 g/mol. The van der Waals surface area contributed by atoms with E-state index < -0.39 is 11.7 Å². The SMILES string of the molecule is COCCN1Cc2cccc(C(=O)Nc3ccc(F)c(Cl)c3)c2C1=O. The third kappa shape index (κ3) is 3.50. The molecule has 2 amide bonds. The molecule has 0 aromatic heterocycles. The second-order valence-electron chi connectivity index (χ2n) is 5.64. The topological polar surface area (TPSA) is 58.6 Å². The van der Waals surface area contributed by atoms with E-state index >= 15 is 0 Å². The zero-order valence-electron chi connectivity index (χ0n) is 13.5. The summed E-state index contributed by atoms with van der Waals surface area (Å²) in [6, 6.07) is 9.06. The van der Waals surface area contributed by atoms with Crippen LogP contribution in [0.5, 0.6) is 0 Å². The van der Waals surface area contributed by atoms with Crippen LogP contribution < -0.4 is 5.32 Å². The molecule has 1 aliphatic rings. The molecule has 0 saturated heterocycles. The Kier molecular flexibility index (Phi) is 5.01. The normalized spacial score (nSPS) is 13.1. The van der Waals surface area contributed by atoms with E-state index in [1.54, 1.807) is 24.1 Å². The maximum Gasteiger partial charge on any atom is 0.256 e. The number of benzene rings is 2. The van der Waals surface area contributed by atoms with Gasteiger partial charge in [-0.2, -0.15) is 0 Å². The number of methoxy groups -OCH3 is 1. The summed E-state index contributed by atoms with van der Waals surface area (Å²) in [7, 11) is 1.57. The van der Waals surface area contributed by atoms with Gasteiger partial charge in [-0.3, -0.25) is 9.59 Å². The van der Waals surface area contributed by atoms with Crippen molar-refractivity contribution in [3.05, 3.63) is 63.9 Å². The van der Waals surface area contributed by atoms with E-state index in [4.69, 9.17) is 16.3 Å². The summed E-state index contributed by atoms with van der Waals surface area (Å²) in [4.78, 5) is 26.8. The van der Waals surface area contributed by atoms with Gasteiger partial charge in [0.25, 0.3) is 11.8 Å². The molecule has 0 unspecified atom stereocenters. The Morgan fingerprint density at radius 1 is 1.36 bits per heavy atom. The smallest absolute Gasteiger partial charge is 0.256 e. The number of ether oxygens (including phenoxy) is 1. The molecule has 5 nitrogen and oxygen atoms in total. The minimum atomic E-state index is -0.566. The Morgan fingerprint density at radius 3 is 2.88 bits per heavy atom. The summed E-state index contributed by atoms with van der Waals surface area (Å²) < 4.78 is 18.2. The molecule has 0 fully saturated rings. The average molecular weight is 363 g/mol. The van der Waals surface area contributed by atoms with Crippen LogP contribution in [0.1, 0.15) is 26.3 Å². The number of hydrogen-bond acceptors (Lipinski definition) is 3. The van der Waals surface area contributed by atoms with Gasteiger partial charge < -0.3 is 15.0 Å². The van der Waals surface area contributed by atoms with Crippen molar-refractivity contribution in [1.82, 2.24) is 4.90 Å². The molecule has 1 N–H and O–H groups in total. The van der Waals surface area contributed by atoms with Gasteiger partial charge in [-0.1, -0.05) is 23.7 Å². The van der Waals surface area contributed by atoms with E-state index in [2.05, 4.69) is 5.32 Å². The maximum atomic E-state index is 13.2. The van der Waals surface area contributed by atoms with E-state index in [-0.39, 0.29) is 16.5 Å². The molecule has 25 heavy (non-hydrogen) atoms. The van der Waals surface area contributed by atoms with Crippen molar-refractivity contribution in [3.8, 4) is 0 Å². The Hall–Kier alpha value is -2.44. The molecule has 7 heteroatoms. The highest BCUT2D eigenvalue weighted by Crippen LogP contribution is 2.27. The molecule has 1 heterocycles. The summed E-state index contributed by atoms with van der Waals surface area (Å²) >= 11 is 5.73. The molecule has 0 atom stereocenters. The molecule has 2 aromatic rings. The van der Waals surface area contributed by atoms with Gasteiger partial charge in [0.05, 0.1) is 22.8 Å². The van der Waals surface area contributed by atoms with Crippen LogP contribution in [0.3, 0.4) is 0 Å². The average Bonchev–Trinajstić information content (AvgIpc) is 2.92. The maximum absolute atomic E-state index is 13.2. The van der Waals surface area contributed by atoms with E-state index in [0.29, 0.717) is 30.9 Å². The Bertz CT molecular complexity index is 841. The fourth-order valence-corrected chi connectivity index (χ4v) is 2.94. The fourth-order valence-electron chi connectivity index (χ4n) is 2.76. The van der Waals surface area contributed by atoms with Crippen LogP contribution in [0.25, 0.3) is 0 Å².